The topological polar surface area (TPSA) is 62.3 Å². The van der Waals surface area contributed by atoms with E-state index in [0.717, 1.165) is 54.6 Å². The average Bonchev–Trinajstić information content (AvgIpc) is 3.20. The lowest BCUT2D eigenvalue weighted by molar-refractivity contribution is -0.137. The summed E-state index contributed by atoms with van der Waals surface area (Å²) in [6.45, 7) is 7.57. The molecule has 1 amide bonds. The third-order valence-electron chi connectivity index (χ3n) is 7.70. The van der Waals surface area contributed by atoms with E-state index in [1.54, 1.807) is 13.1 Å². The summed E-state index contributed by atoms with van der Waals surface area (Å²) in [5.74, 6) is 1.27. The largest absolute Gasteiger partial charge is 0.416 e. The molecule has 0 unspecified atom stereocenters. The van der Waals surface area contributed by atoms with Crippen molar-refractivity contribution in [2.75, 3.05) is 6.54 Å². The monoisotopic (exact) mass is 515 g/mol. The molecule has 5 nitrogen and oxygen atoms in total. The Labute approximate surface area is 216 Å². The zero-order chi connectivity index (χ0) is 26.7. The highest BCUT2D eigenvalue weighted by atomic mass is 19.4. The van der Waals surface area contributed by atoms with Gasteiger partial charge < -0.3 is 10.1 Å². The van der Waals surface area contributed by atoms with Crippen molar-refractivity contribution < 1.29 is 22.8 Å². The maximum Gasteiger partial charge on any atom is 0.416 e. The number of benzene rings is 1. The van der Waals surface area contributed by atoms with E-state index in [1.165, 1.54) is 12.1 Å². The number of carbonyl (C=O) groups is 2. The van der Waals surface area contributed by atoms with Crippen LogP contribution in [0.4, 0.5) is 13.2 Å². The lowest BCUT2D eigenvalue weighted by Crippen LogP contribution is -2.31. The fourth-order valence-electron chi connectivity index (χ4n) is 5.84. The number of aromatic nitrogens is 1. The number of ketones is 1. The lowest BCUT2D eigenvalue weighted by Gasteiger charge is -2.28. The Balaban J connectivity index is 1.37. The quantitative estimate of drug-likeness (QED) is 0.446. The maximum absolute atomic E-state index is 12.9. The second kappa shape index (κ2) is 11.3. The SMILES string of the molecule is CC(=O)CC1CCC(CNC(=O)c2cnc3c(c2)CN(Cc2ccc(C(F)(F)F)cc2)[C@H]3C(C)C)CC1. The van der Waals surface area contributed by atoms with Gasteiger partial charge in [-0.3, -0.25) is 14.7 Å². The molecule has 2 aromatic rings. The van der Waals surface area contributed by atoms with E-state index in [1.807, 2.05) is 6.07 Å². The van der Waals surface area contributed by atoms with Gasteiger partial charge in [0, 0.05) is 32.3 Å². The summed E-state index contributed by atoms with van der Waals surface area (Å²) in [5, 5.41) is 3.07. The standard InChI is InChI=1S/C29H36F3N3O2/c1-18(2)27-26-24(17-35(27)16-22-8-10-25(11-9-22)29(30,31)32)13-23(15-33-26)28(37)34-14-21-6-4-20(5-7-21)12-19(3)36/h8-11,13,15,18,20-21,27H,4-7,12,14,16-17H2,1-3H3,(H,34,37)/t20?,21?,27-/m0/s1. The van der Waals surface area contributed by atoms with Crippen LogP contribution in [0.25, 0.3) is 0 Å². The second-order valence-electron chi connectivity index (χ2n) is 11.1. The molecule has 37 heavy (non-hydrogen) atoms. The molecule has 1 aromatic carbocycles. The second-order valence-corrected chi connectivity index (χ2v) is 11.1. The first-order chi connectivity index (χ1) is 17.5. The zero-order valence-corrected chi connectivity index (χ0v) is 21.8. The van der Waals surface area contributed by atoms with Crippen molar-refractivity contribution in [3.8, 4) is 0 Å². The van der Waals surface area contributed by atoms with Gasteiger partial charge in [-0.1, -0.05) is 26.0 Å². The Kier molecular flexibility index (Phi) is 8.36. The predicted octanol–water partition coefficient (Wildman–Crippen LogP) is 6.33. The number of alkyl halides is 3. The van der Waals surface area contributed by atoms with Crippen LogP contribution in [0.5, 0.6) is 0 Å². The van der Waals surface area contributed by atoms with Crippen LogP contribution in [0.1, 0.15) is 91.7 Å². The average molecular weight is 516 g/mol. The van der Waals surface area contributed by atoms with Crippen molar-refractivity contribution in [1.82, 2.24) is 15.2 Å². The predicted molar refractivity (Wildman–Crippen MR) is 136 cm³/mol. The normalized spacial score (nSPS) is 22.2. The number of carbonyl (C=O) groups excluding carboxylic acids is 2. The number of Topliss-reactive ketones (excluding diaryl/α,β-unsaturated/α-hetero) is 1. The molecule has 2 heterocycles. The molecule has 8 heteroatoms. The number of hydrogen-bond acceptors (Lipinski definition) is 4. The molecule has 0 radical (unpaired) electrons. The molecule has 2 aliphatic rings. The highest BCUT2D eigenvalue weighted by Gasteiger charge is 2.35. The van der Waals surface area contributed by atoms with Crippen molar-refractivity contribution in [2.45, 2.75) is 78.2 Å². The number of halogens is 3. The molecule has 1 N–H and O–H groups in total. The van der Waals surface area contributed by atoms with E-state index in [9.17, 15) is 22.8 Å². The van der Waals surface area contributed by atoms with E-state index in [0.29, 0.717) is 43.5 Å². The minimum absolute atomic E-state index is 0.0274. The highest BCUT2D eigenvalue weighted by Crippen LogP contribution is 2.39. The Hall–Kier alpha value is -2.74. The molecule has 0 saturated heterocycles. The van der Waals surface area contributed by atoms with Crippen molar-refractivity contribution in [1.29, 1.82) is 0 Å². The number of hydrogen-bond donors (Lipinski definition) is 1. The van der Waals surface area contributed by atoms with Crippen LogP contribution < -0.4 is 5.32 Å². The minimum Gasteiger partial charge on any atom is -0.352 e. The maximum atomic E-state index is 12.9. The molecule has 4 rings (SSSR count). The van der Waals surface area contributed by atoms with Crippen LogP contribution in [0, 0.1) is 17.8 Å². The first-order valence-corrected chi connectivity index (χ1v) is 13.2. The molecule has 1 aliphatic carbocycles. The minimum atomic E-state index is -4.35. The van der Waals surface area contributed by atoms with Crippen LogP contribution >= 0.6 is 0 Å². The number of pyridine rings is 1. The molecule has 1 aliphatic heterocycles. The Morgan fingerprint density at radius 1 is 1.08 bits per heavy atom. The molecular weight excluding hydrogens is 479 g/mol. The third-order valence-corrected chi connectivity index (χ3v) is 7.70. The first-order valence-electron chi connectivity index (χ1n) is 13.2. The molecule has 1 saturated carbocycles. The van der Waals surface area contributed by atoms with Crippen LogP contribution in [0.3, 0.4) is 0 Å². The van der Waals surface area contributed by atoms with Crippen LogP contribution in [-0.2, 0) is 24.1 Å². The molecule has 0 spiro atoms. The molecular formula is C29H36F3N3O2. The summed E-state index contributed by atoms with van der Waals surface area (Å²) in [5.41, 5.74) is 2.61. The van der Waals surface area contributed by atoms with Crippen LogP contribution in [0.15, 0.2) is 36.5 Å². The lowest BCUT2D eigenvalue weighted by atomic mass is 9.80. The molecule has 1 aromatic heterocycles. The van der Waals surface area contributed by atoms with Gasteiger partial charge in [-0.2, -0.15) is 13.2 Å². The van der Waals surface area contributed by atoms with Crippen LogP contribution in [0.2, 0.25) is 0 Å². The molecule has 0 bridgehead atoms. The first kappa shape index (κ1) is 27.3. The number of rotatable bonds is 8. The Morgan fingerprint density at radius 2 is 1.73 bits per heavy atom. The van der Waals surface area contributed by atoms with Gasteiger partial charge in [0.15, 0.2) is 0 Å². The number of fused-ring (bicyclic) bond motifs is 1. The number of nitrogens with one attached hydrogen (secondary N) is 1. The van der Waals surface area contributed by atoms with Gasteiger partial charge in [0.1, 0.15) is 5.78 Å². The van der Waals surface area contributed by atoms with E-state index >= 15 is 0 Å². The Morgan fingerprint density at radius 3 is 2.32 bits per heavy atom. The van der Waals surface area contributed by atoms with E-state index in [4.69, 9.17) is 0 Å². The van der Waals surface area contributed by atoms with Crippen molar-refractivity contribution in [3.63, 3.8) is 0 Å². The summed E-state index contributed by atoms with van der Waals surface area (Å²) in [6, 6.07) is 7.24. The smallest absolute Gasteiger partial charge is 0.352 e. The summed E-state index contributed by atoms with van der Waals surface area (Å²) in [7, 11) is 0. The van der Waals surface area contributed by atoms with Gasteiger partial charge in [0.25, 0.3) is 5.91 Å². The van der Waals surface area contributed by atoms with Gasteiger partial charge in [-0.25, -0.2) is 0 Å². The fraction of sp³-hybridized carbons (Fsp3) is 0.552. The van der Waals surface area contributed by atoms with E-state index < -0.39 is 11.7 Å². The van der Waals surface area contributed by atoms with Gasteiger partial charge in [0.05, 0.1) is 22.9 Å². The van der Waals surface area contributed by atoms with Gasteiger partial charge in [-0.15, -0.1) is 0 Å². The summed E-state index contributed by atoms with van der Waals surface area (Å²) in [4.78, 5) is 31.1. The summed E-state index contributed by atoms with van der Waals surface area (Å²) >= 11 is 0. The third kappa shape index (κ3) is 6.78. The fourth-order valence-corrected chi connectivity index (χ4v) is 5.84. The van der Waals surface area contributed by atoms with Gasteiger partial charge >= 0.3 is 6.18 Å². The van der Waals surface area contributed by atoms with Gasteiger partial charge in [0.2, 0.25) is 0 Å². The Bertz CT molecular complexity index is 1110. The molecule has 1 fully saturated rings. The number of nitrogens with zero attached hydrogens (tertiary/aromatic N) is 2. The molecule has 1 atom stereocenters. The van der Waals surface area contributed by atoms with Gasteiger partial charge in [-0.05, 0) is 79.7 Å². The van der Waals surface area contributed by atoms with E-state index in [2.05, 4.69) is 29.0 Å². The highest BCUT2D eigenvalue weighted by molar-refractivity contribution is 5.94. The zero-order valence-electron chi connectivity index (χ0n) is 21.8. The summed E-state index contributed by atoms with van der Waals surface area (Å²) < 4.78 is 38.8. The van der Waals surface area contributed by atoms with Crippen LogP contribution in [-0.4, -0.2) is 28.1 Å². The van der Waals surface area contributed by atoms with Crippen molar-refractivity contribution in [3.05, 3.63) is 64.5 Å². The van der Waals surface area contributed by atoms with E-state index in [-0.39, 0.29) is 23.7 Å². The van der Waals surface area contributed by atoms with Crippen molar-refractivity contribution in [2.24, 2.45) is 17.8 Å². The number of amides is 1. The van der Waals surface area contributed by atoms with Crippen molar-refractivity contribution >= 4 is 11.7 Å². The summed E-state index contributed by atoms with van der Waals surface area (Å²) in [6.07, 6.45) is 2.06. The molecule has 200 valence electrons.